The number of likely N-dealkylation sites (tertiary alicyclic amines) is 1. The molecule has 1 unspecified atom stereocenters. The van der Waals surface area contributed by atoms with E-state index >= 15 is 0 Å². The minimum atomic E-state index is 0.136. The molecule has 1 atom stereocenters. The molecule has 2 aliphatic rings. The molecular weight excluding hydrogens is 366 g/mol. The number of hydrogen-bond acceptors (Lipinski definition) is 3. The first-order valence-electron chi connectivity index (χ1n) is 10.7. The Morgan fingerprint density at radius 3 is 2.72 bits per heavy atom. The summed E-state index contributed by atoms with van der Waals surface area (Å²) in [6.45, 7) is 2.98. The van der Waals surface area contributed by atoms with Crippen LogP contribution in [0, 0.1) is 5.92 Å². The lowest BCUT2D eigenvalue weighted by atomic mass is 10.1. The van der Waals surface area contributed by atoms with Gasteiger partial charge in [0.05, 0.1) is 0 Å². The molecule has 3 N–H and O–H groups in total. The van der Waals surface area contributed by atoms with Gasteiger partial charge in [-0.25, -0.2) is 0 Å². The maximum absolute atomic E-state index is 12.3. The van der Waals surface area contributed by atoms with Crippen LogP contribution in [-0.4, -0.2) is 61.9 Å². The van der Waals surface area contributed by atoms with Gasteiger partial charge in [0.2, 0.25) is 11.8 Å². The van der Waals surface area contributed by atoms with E-state index in [2.05, 4.69) is 33.1 Å². The first kappa shape index (κ1) is 21.1. The van der Waals surface area contributed by atoms with Crippen molar-refractivity contribution in [1.29, 1.82) is 0 Å². The van der Waals surface area contributed by atoms with E-state index in [-0.39, 0.29) is 11.8 Å². The van der Waals surface area contributed by atoms with E-state index in [1.807, 2.05) is 23.1 Å². The fourth-order valence-corrected chi connectivity index (χ4v) is 3.56. The minimum absolute atomic E-state index is 0.136. The Balaban J connectivity index is 1.29. The largest absolute Gasteiger partial charge is 0.356 e. The number of aliphatic imine (C=N–C) groups is 1. The third-order valence-electron chi connectivity index (χ3n) is 5.41. The summed E-state index contributed by atoms with van der Waals surface area (Å²) < 4.78 is 0. The predicted molar refractivity (Wildman–Crippen MR) is 115 cm³/mol. The van der Waals surface area contributed by atoms with Crippen LogP contribution in [0.25, 0.3) is 0 Å². The second-order valence-corrected chi connectivity index (χ2v) is 7.97. The van der Waals surface area contributed by atoms with Crippen LogP contribution in [0.1, 0.15) is 37.7 Å². The van der Waals surface area contributed by atoms with Gasteiger partial charge in [-0.15, -0.1) is 0 Å². The molecule has 1 aromatic carbocycles. The number of carbonyl (C=O) groups is 2. The van der Waals surface area contributed by atoms with Crippen molar-refractivity contribution in [1.82, 2.24) is 20.9 Å². The van der Waals surface area contributed by atoms with Gasteiger partial charge >= 0.3 is 0 Å². The number of amides is 2. The predicted octanol–water partition coefficient (Wildman–Crippen LogP) is 1.30. The molecule has 1 aliphatic heterocycles. The highest BCUT2D eigenvalue weighted by molar-refractivity contribution is 5.81. The van der Waals surface area contributed by atoms with Crippen molar-refractivity contribution in [3.63, 3.8) is 0 Å². The quantitative estimate of drug-likeness (QED) is 0.315. The van der Waals surface area contributed by atoms with Gasteiger partial charge in [-0.1, -0.05) is 30.3 Å². The van der Waals surface area contributed by atoms with Gasteiger partial charge in [0.25, 0.3) is 0 Å². The molecular formula is C22H33N5O2. The smallest absolute Gasteiger partial charge is 0.223 e. The molecule has 1 aromatic rings. The minimum Gasteiger partial charge on any atom is -0.356 e. The van der Waals surface area contributed by atoms with Crippen LogP contribution in [0.3, 0.4) is 0 Å². The molecule has 0 radical (unpaired) electrons. The SMILES string of the molecule is CN=C(NCCCC(=O)NC1CC1)NCC1CC(=O)N(CCc2ccccc2)C1. The lowest BCUT2D eigenvalue weighted by Crippen LogP contribution is -2.41. The standard InChI is InChI=1S/C22H33N5O2/c1-23-22(24-12-5-8-20(28)26-19-9-10-19)25-15-18-14-21(29)27(16-18)13-11-17-6-3-2-4-7-17/h2-4,6-7,18-19H,5,8-16H2,1H3,(H,26,28)(H2,23,24,25). The van der Waals surface area contributed by atoms with Crippen molar-refractivity contribution < 1.29 is 9.59 Å². The first-order chi connectivity index (χ1) is 14.1. The maximum Gasteiger partial charge on any atom is 0.223 e. The van der Waals surface area contributed by atoms with Crippen LogP contribution in [0.4, 0.5) is 0 Å². The number of benzene rings is 1. The summed E-state index contributed by atoms with van der Waals surface area (Å²) in [5.74, 6) is 1.39. The van der Waals surface area contributed by atoms with Crippen molar-refractivity contribution >= 4 is 17.8 Å². The van der Waals surface area contributed by atoms with Gasteiger partial charge in [0, 0.05) is 58.0 Å². The van der Waals surface area contributed by atoms with Gasteiger partial charge in [-0.2, -0.15) is 0 Å². The zero-order valence-corrected chi connectivity index (χ0v) is 17.3. The third-order valence-corrected chi connectivity index (χ3v) is 5.41. The summed E-state index contributed by atoms with van der Waals surface area (Å²) in [7, 11) is 1.74. The van der Waals surface area contributed by atoms with Gasteiger partial charge in [0.1, 0.15) is 0 Å². The van der Waals surface area contributed by atoms with Crippen LogP contribution in [-0.2, 0) is 16.0 Å². The number of nitrogens with zero attached hydrogens (tertiary/aromatic N) is 2. The van der Waals surface area contributed by atoms with Crippen LogP contribution in [0.2, 0.25) is 0 Å². The van der Waals surface area contributed by atoms with E-state index in [1.54, 1.807) is 7.05 Å². The number of nitrogens with one attached hydrogen (secondary N) is 3. The maximum atomic E-state index is 12.3. The molecule has 1 saturated heterocycles. The zero-order chi connectivity index (χ0) is 20.5. The van der Waals surface area contributed by atoms with Gasteiger partial charge in [-0.3, -0.25) is 14.6 Å². The zero-order valence-electron chi connectivity index (χ0n) is 17.3. The Kier molecular flexibility index (Phi) is 7.90. The molecule has 2 amide bonds. The number of rotatable bonds is 10. The van der Waals surface area contributed by atoms with Gasteiger partial charge in [0.15, 0.2) is 5.96 Å². The van der Waals surface area contributed by atoms with E-state index in [0.717, 1.165) is 51.3 Å². The first-order valence-corrected chi connectivity index (χ1v) is 10.7. The molecule has 2 fully saturated rings. The summed E-state index contributed by atoms with van der Waals surface area (Å²) in [5, 5.41) is 9.56. The van der Waals surface area contributed by atoms with E-state index < -0.39 is 0 Å². The Morgan fingerprint density at radius 2 is 2.00 bits per heavy atom. The summed E-state index contributed by atoms with van der Waals surface area (Å²) >= 11 is 0. The third kappa shape index (κ3) is 7.40. The molecule has 0 spiro atoms. The molecule has 1 heterocycles. The van der Waals surface area contributed by atoms with Gasteiger partial charge in [-0.05, 0) is 31.2 Å². The molecule has 0 bridgehead atoms. The molecule has 29 heavy (non-hydrogen) atoms. The van der Waals surface area contributed by atoms with Crippen molar-refractivity contribution in [3.05, 3.63) is 35.9 Å². The highest BCUT2D eigenvalue weighted by Crippen LogP contribution is 2.19. The van der Waals surface area contributed by atoms with E-state index in [9.17, 15) is 9.59 Å². The topological polar surface area (TPSA) is 85.8 Å². The number of carbonyl (C=O) groups excluding carboxylic acids is 2. The fraction of sp³-hybridized carbons (Fsp3) is 0.591. The molecule has 1 aliphatic carbocycles. The van der Waals surface area contributed by atoms with Crippen molar-refractivity contribution in [2.45, 2.75) is 44.6 Å². The molecule has 0 aromatic heterocycles. The van der Waals surface area contributed by atoms with Crippen molar-refractivity contribution in [2.75, 3.05) is 33.2 Å². The van der Waals surface area contributed by atoms with Crippen LogP contribution < -0.4 is 16.0 Å². The average molecular weight is 400 g/mol. The highest BCUT2D eigenvalue weighted by atomic mass is 16.2. The van der Waals surface area contributed by atoms with E-state index in [1.165, 1.54) is 5.56 Å². The fourth-order valence-electron chi connectivity index (χ4n) is 3.56. The highest BCUT2D eigenvalue weighted by Gasteiger charge is 2.29. The van der Waals surface area contributed by atoms with E-state index in [4.69, 9.17) is 0 Å². The molecule has 7 heteroatoms. The normalized spacial score (nSPS) is 19.3. The Hall–Kier alpha value is -2.57. The lowest BCUT2D eigenvalue weighted by molar-refractivity contribution is -0.127. The van der Waals surface area contributed by atoms with Crippen molar-refractivity contribution in [2.24, 2.45) is 10.9 Å². The molecule has 7 nitrogen and oxygen atoms in total. The van der Waals surface area contributed by atoms with Gasteiger partial charge < -0.3 is 20.9 Å². The van der Waals surface area contributed by atoms with E-state index in [0.29, 0.717) is 31.3 Å². The molecule has 3 rings (SSSR count). The monoisotopic (exact) mass is 399 g/mol. The Bertz CT molecular complexity index is 702. The van der Waals surface area contributed by atoms with Crippen LogP contribution in [0.15, 0.2) is 35.3 Å². The molecule has 158 valence electrons. The number of guanidine groups is 1. The van der Waals surface area contributed by atoms with Crippen LogP contribution >= 0.6 is 0 Å². The second-order valence-electron chi connectivity index (χ2n) is 7.97. The lowest BCUT2D eigenvalue weighted by Gasteiger charge is -2.18. The number of hydrogen-bond donors (Lipinski definition) is 3. The summed E-state index contributed by atoms with van der Waals surface area (Å²) in [6, 6.07) is 10.7. The summed E-state index contributed by atoms with van der Waals surface area (Å²) in [4.78, 5) is 30.2. The average Bonchev–Trinajstić information content (AvgIpc) is 3.47. The second kappa shape index (κ2) is 10.8. The Morgan fingerprint density at radius 1 is 1.21 bits per heavy atom. The van der Waals surface area contributed by atoms with Crippen LogP contribution in [0.5, 0.6) is 0 Å². The summed E-state index contributed by atoms with van der Waals surface area (Å²) in [6.07, 6.45) is 5.02. The molecule has 1 saturated carbocycles. The summed E-state index contributed by atoms with van der Waals surface area (Å²) in [5.41, 5.74) is 1.26. The van der Waals surface area contributed by atoms with Crippen molar-refractivity contribution in [3.8, 4) is 0 Å². The Labute approximate surface area is 173 Å².